The van der Waals surface area contributed by atoms with Gasteiger partial charge in [0.2, 0.25) is 0 Å². The molecule has 1 aliphatic rings. The fourth-order valence-electron chi connectivity index (χ4n) is 4.39. The van der Waals surface area contributed by atoms with Crippen molar-refractivity contribution in [1.29, 1.82) is 0 Å². The van der Waals surface area contributed by atoms with Gasteiger partial charge in [0.05, 0.1) is 0 Å². The van der Waals surface area contributed by atoms with Crippen molar-refractivity contribution in [1.82, 2.24) is 0 Å². The summed E-state index contributed by atoms with van der Waals surface area (Å²) >= 11 is 0. The van der Waals surface area contributed by atoms with Crippen LogP contribution in [0, 0.1) is 5.92 Å². The van der Waals surface area contributed by atoms with Crippen molar-refractivity contribution in [3.63, 3.8) is 0 Å². The second-order valence-corrected chi connectivity index (χ2v) is 8.48. The first kappa shape index (κ1) is 19.5. The fraction of sp³-hybridized carbons (Fsp3) is 0.241. The van der Waals surface area contributed by atoms with Crippen LogP contribution in [0.5, 0.6) is 0 Å². The second kappa shape index (κ2) is 8.25. The molecule has 3 aromatic rings. The minimum absolute atomic E-state index is 0.532. The average Bonchev–Trinajstić information content (AvgIpc) is 3.05. The van der Waals surface area contributed by atoms with E-state index in [0.29, 0.717) is 11.8 Å². The summed E-state index contributed by atoms with van der Waals surface area (Å²) in [6.45, 7) is 11.1. The highest BCUT2D eigenvalue weighted by atomic mass is 14.3. The summed E-state index contributed by atoms with van der Waals surface area (Å²) in [6, 6.07) is 24.6. The summed E-state index contributed by atoms with van der Waals surface area (Å²) < 4.78 is 0. The summed E-state index contributed by atoms with van der Waals surface area (Å²) in [5, 5.41) is 0. The first-order valence-electron chi connectivity index (χ1n) is 10.8. The van der Waals surface area contributed by atoms with Gasteiger partial charge in [-0.1, -0.05) is 106 Å². The van der Waals surface area contributed by atoms with E-state index in [9.17, 15) is 0 Å². The molecular weight excluding hydrogens is 348 g/mol. The van der Waals surface area contributed by atoms with Crippen LogP contribution in [0.1, 0.15) is 60.9 Å². The standard InChI is InChI=1S/C29H30/c1-5-25-26-8-6-7-9-27(26)29-19-23(14-17-28(25)29)18-21(4)24-15-12-22(13-16-24)11-10-20(2)3/h6-17,19-20,25H,4-5,18H2,1-3H3/b11-10+. The molecule has 1 atom stereocenters. The molecule has 1 aliphatic carbocycles. The lowest BCUT2D eigenvalue weighted by Crippen LogP contribution is -1.95. The molecule has 0 fully saturated rings. The van der Waals surface area contributed by atoms with Crippen molar-refractivity contribution in [2.75, 3.05) is 0 Å². The molecule has 0 nitrogen and oxygen atoms in total. The van der Waals surface area contributed by atoms with Gasteiger partial charge in [-0.25, -0.2) is 0 Å². The van der Waals surface area contributed by atoms with Crippen LogP contribution in [0.25, 0.3) is 22.8 Å². The van der Waals surface area contributed by atoms with E-state index >= 15 is 0 Å². The lowest BCUT2D eigenvalue weighted by molar-refractivity contribution is 0.797. The van der Waals surface area contributed by atoms with E-state index in [-0.39, 0.29) is 0 Å². The molecule has 0 bridgehead atoms. The van der Waals surface area contributed by atoms with E-state index < -0.39 is 0 Å². The molecule has 0 radical (unpaired) electrons. The minimum Gasteiger partial charge on any atom is -0.0949 e. The quantitative estimate of drug-likeness (QED) is 0.406. The Balaban J connectivity index is 1.55. The molecule has 146 valence electrons. The highest BCUT2D eigenvalue weighted by molar-refractivity contribution is 5.80. The molecule has 0 N–H and O–H groups in total. The van der Waals surface area contributed by atoms with Gasteiger partial charge in [-0.15, -0.1) is 0 Å². The Morgan fingerprint density at radius 2 is 1.66 bits per heavy atom. The van der Waals surface area contributed by atoms with Crippen molar-refractivity contribution < 1.29 is 0 Å². The summed E-state index contributed by atoms with van der Waals surface area (Å²) in [7, 11) is 0. The Morgan fingerprint density at radius 3 is 2.38 bits per heavy atom. The number of fused-ring (bicyclic) bond motifs is 3. The number of hydrogen-bond acceptors (Lipinski definition) is 0. The zero-order valence-corrected chi connectivity index (χ0v) is 17.8. The zero-order valence-electron chi connectivity index (χ0n) is 17.8. The number of allylic oxidation sites excluding steroid dienone is 2. The Labute approximate surface area is 175 Å². The highest BCUT2D eigenvalue weighted by Crippen LogP contribution is 2.46. The molecule has 4 rings (SSSR count). The molecule has 0 aliphatic heterocycles. The van der Waals surface area contributed by atoms with Crippen molar-refractivity contribution in [3.05, 3.63) is 107 Å². The van der Waals surface area contributed by atoms with Gasteiger partial charge in [0.25, 0.3) is 0 Å². The molecule has 29 heavy (non-hydrogen) atoms. The Morgan fingerprint density at radius 1 is 0.931 bits per heavy atom. The lowest BCUT2D eigenvalue weighted by Gasteiger charge is -2.12. The van der Waals surface area contributed by atoms with Gasteiger partial charge in [-0.05, 0) is 63.3 Å². The largest absolute Gasteiger partial charge is 0.0949 e. The smallest absolute Gasteiger partial charge is 0.00990 e. The Hall–Kier alpha value is -2.86. The zero-order chi connectivity index (χ0) is 20.4. The molecule has 3 aromatic carbocycles. The topological polar surface area (TPSA) is 0 Å². The molecular formula is C29H30. The van der Waals surface area contributed by atoms with Gasteiger partial charge in [0, 0.05) is 5.92 Å². The fourth-order valence-corrected chi connectivity index (χ4v) is 4.39. The third-order valence-electron chi connectivity index (χ3n) is 5.94. The second-order valence-electron chi connectivity index (χ2n) is 8.48. The van der Waals surface area contributed by atoms with Crippen LogP contribution in [-0.2, 0) is 6.42 Å². The highest BCUT2D eigenvalue weighted by Gasteiger charge is 2.26. The van der Waals surface area contributed by atoms with Crippen LogP contribution in [0.3, 0.4) is 0 Å². The molecule has 0 saturated carbocycles. The van der Waals surface area contributed by atoms with Crippen LogP contribution in [0.4, 0.5) is 0 Å². The van der Waals surface area contributed by atoms with E-state index in [2.05, 4.69) is 106 Å². The normalized spacial score (nSPS) is 15.0. The Kier molecular flexibility index (Phi) is 5.53. The van der Waals surface area contributed by atoms with Gasteiger partial charge in [0.15, 0.2) is 0 Å². The maximum Gasteiger partial charge on any atom is 0.00990 e. The molecule has 0 heterocycles. The third kappa shape index (κ3) is 3.98. The molecule has 0 saturated heterocycles. The lowest BCUT2D eigenvalue weighted by atomic mass is 9.92. The summed E-state index contributed by atoms with van der Waals surface area (Å²) in [6.07, 6.45) is 6.45. The maximum atomic E-state index is 4.38. The SMILES string of the molecule is C=C(Cc1ccc2c(c1)-c1ccccc1C2CC)c1ccc(/C=C/C(C)C)cc1. The first-order chi connectivity index (χ1) is 14.1. The predicted molar refractivity (Wildman–Crippen MR) is 127 cm³/mol. The predicted octanol–water partition coefficient (Wildman–Crippen LogP) is 8.13. The van der Waals surface area contributed by atoms with Gasteiger partial charge in [-0.2, -0.15) is 0 Å². The van der Waals surface area contributed by atoms with Crippen molar-refractivity contribution >= 4 is 11.6 Å². The van der Waals surface area contributed by atoms with E-state index in [0.717, 1.165) is 12.8 Å². The number of benzene rings is 3. The van der Waals surface area contributed by atoms with E-state index in [1.54, 1.807) is 0 Å². The van der Waals surface area contributed by atoms with Gasteiger partial charge < -0.3 is 0 Å². The maximum absolute atomic E-state index is 4.38. The van der Waals surface area contributed by atoms with Crippen LogP contribution < -0.4 is 0 Å². The van der Waals surface area contributed by atoms with Crippen molar-refractivity contribution in [2.45, 2.75) is 39.5 Å². The van der Waals surface area contributed by atoms with Crippen molar-refractivity contribution in [2.24, 2.45) is 5.92 Å². The Bertz CT molecular complexity index is 1050. The van der Waals surface area contributed by atoms with Crippen LogP contribution in [0.15, 0.2) is 79.4 Å². The summed E-state index contributed by atoms with van der Waals surface area (Å²) in [5.74, 6) is 1.10. The van der Waals surface area contributed by atoms with Gasteiger partial charge >= 0.3 is 0 Å². The third-order valence-corrected chi connectivity index (χ3v) is 5.94. The molecule has 1 unspecified atom stereocenters. The van der Waals surface area contributed by atoms with E-state index in [1.807, 2.05) is 0 Å². The molecule has 0 heteroatoms. The average molecular weight is 379 g/mol. The number of hydrogen-bond donors (Lipinski definition) is 0. The van der Waals surface area contributed by atoms with E-state index in [1.165, 1.54) is 44.5 Å². The van der Waals surface area contributed by atoms with Crippen LogP contribution in [0.2, 0.25) is 0 Å². The van der Waals surface area contributed by atoms with E-state index in [4.69, 9.17) is 0 Å². The van der Waals surface area contributed by atoms with Gasteiger partial charge in [-0.3, -0.25) is 0 Å². The summed E-state index contributed by atoms with van der Waals surface area (Å²) in [5.41, 5.74) is 10.7. The molecule has 0 amide bonds. The van der Waals surface area contributed by atoms with Crippen LogP contribution >= 0.6 is 0 Å². The van der Waals surface area contributed by atoms with Gasteiger partial charge in [0.1, 0.15) is 0 Å². The molecule has 0 aromatic heterocycles. The van der Waals surface area contributed by atoms with Crippen LogP contribution in [-0.4, -0.2) is 0 Å². The molecule has 0 spiro atoms. The first-order valence-corrected chi connectivity index (χ1v) is 10.8. The number of rotatable bonds is 6. The minimum atomic E-state index is 0.532. The summed E-state index contributed by atoms with van der Waals surface area (Å²) in [4.78, 5) is 0. The van der Waals surface area contributed by atoms with Crippen molar-refractivity contribution in [3.8, 4) is 11.1 Å². The monoisotopic (exact) mass is 378 g/mol.